The minimum Gasteiger partial charge on any atom is -0.331 e. The van der Waals surface area contributed by atoms with Gasteiger partial charge >= 0.3 is 0 Å². The number of hydrogen-bond acceptors (Lipinski definition) is 0. The van der Waals surface area contributed by atoms with Crippen LogP contribution in [-0.2, 0) is 19.4 Å². The molecule has 22 heteroatoms. The SMILES string of the molecule is CCCc1ccc(C[NH+](CC(C)C)CC(C)C)c(CCC)c1.Fc1c(F)c(F)c([B-](c2c(F)c(F)c(F)c(F)c2F)(c2c(F)c(F)c(F)c(F)c2F)c2c(F)c(F)c(F)c(F)c2F)c(F)c1F. The Morgan fingerprint density at radius 3 is 0.851 bits per heavy atom. The van der Waals surface area contributed by atoms with Crippen LogP contribution in [0.25, 0.3) is 0 Å². The molecule has 0 aliphatic rings. The second-order valence-corrected chi connectivity index (χ2v) is 16.5. The third-order valence-electron chi connectivity index (χ3n) is 10.9. The molecule has 0 aromatic heterocycles. The second-order valence-electron chi connectivity index (χ2n) is 16.5. The minimum absolute atomic E-state index is 0.766. The molecule has 0 bridgehead atoms. The van der Waals surface area contributed by atoms with E-state index in [2.05, 4.69) is 59.7 Å². The summed E-state index contributed by atoms with van der Waals surface area (Å²) in [6.07, 6.45) is -2.30. The molecule has 0 heterocycles. The largest absolute Gasteiger partial charge is 0.331 e. The molecular weight excluding hydrogens is 945 g/mol. The van der Waals surface area contributed by atoms with Crippen LogP contribution in [-0.4, -0.2) is 19.2 Å². The number of hydrogen-bond donors (Lipinski definition) is 1. The average molecular weight is 984 g/mol. The van der Waals surface area contributed by atoms with Crippen LogP contribution in [0.15, 0.2) is 18.2 Å². The highest BCUT2D eigenvalue weighted by Gasteiger charge is 2.52. The molecule has 5 rings (SSSR count). The zero-order valence-electron chi connectivity index (χ0n) is 36.0. The lowest BCUT2D eigenvalue weighted by molar-refractivity contribution is -0.919. The van der Waals surface area contributed by atoms with Gasteiger partial charge in [0.15, 0.2) is 69.8 Å². The molecule has 0 spiro atoms. The van der Waals surface area contributed by atoms with E-state index in [4.69, 9.17) is 0 Å². The Kier molecular flexibility index (Phi) is 17.3. The summed E-state index contributed by atoms with van der Waals surface area (Å²) in [5.41, 5.74) is -9.63. The first-order valence-electron chi connectivity index (χ1n) is 20.3. The summed E-state index contributed by atoms with van der Waals surface area (Å²) >= 11 is 0. The van der Waals surface area contributed by atoms with Crippen molar-refractivity contribution in [3.05, 3.63) is 151 Å². The normalized spacial score (nSPS) is 12.0. The molecule has 0 fully saturated rings. The number of quaternary nitrogens is 1. The molecule has 1 N–H and O–H groups in total. The number of nitrogens with one attached hydrogen (secondary N) is 1. The molecule has 0 unspecified atom stereocenters. The molecule has 0 amide bonds. The maximum Gasteiger partial charge on any atom is 0.200 e. The van der Waals surface area contributed by atoms with E-state index in [1.165, 1.54) is 50.9 Å². The zero-order valence-corrected chi connectivity index (χ0v) is 36.0. The summed E-state index contributed by atoms with van der Waals surface area (Å²) in [5.74, 6) is -69.9. The van der Waals surface area contributed by atoms with Crippen LogP contribution in [0.3, 0.4) is 0 Å². The van der Waals surface area contributed by atoms with E-state index in [-0.39, 0.29) is 0 Å². The van der Waals surface area contributed by atoms with E-state index in [0.717, 1.165) is 11.8 Å². The summed E-state index contributed by atoms with van der Waals surface area (Å²) in [6, 6.07) is 7.25. The van der Waals surface area contributed by atoms with Crippen molar-refractivity contribution in [2.45, 2.75) is 73.8 Å². The van der Waals surface area contributed by atoms with Gasteiger partial charge in [-0.15, -0.1) is 21.9 Å². The highest BCUT2D eigenvalue weighted by atomic mass is 19.2. The lowest BCUT2D eigenvalue weighted by Crippen LogP contribution is -3.11. The van der Waals surface area contributed by atoms with E-state index in [9.17, 15) is 52.7 Å². The second kappa shape index (κ2) is 21.4. The molecule has 67 heavy (non-hydrogen) atoms. The quantitative estimate of drug-likeness (QED) is 0.0490. The van der Waals surface area contributed by atoms with Gasteiger partial charge in [0.2, 0.25) is 0 Å². The van der Waals surface area contributed by atoms with Crippen LogP contribution < -0.4 is 26.8 Å². The Hall–Kier alpha value is -5.28. The van der Waals surface area contributed by atoms with Gasteiger partial charge in [-0.3, -0.25) is 0 Å². The monoisotopic (exact) mass is 983 g/mol. The van der Waals surface area contributed by atoms with Crippen LogP contribution in [0.5, 0.6) is 0 Å². The first-order valence-corrected chi connectivity index (χ1v) is 20.3. The molecule has 0 aliphatic heterocycles. The number of benzene rings is 5. The highest BCUT2D eigenvalue weighted by Crippen LogP contribution is 2.31. The van der Waals surface area contributed by atoms with Gasteiger partial charge in [-0.2, -0.15) is 0 Å². The van der Waals surface area contributed by atoms with E-state index < -0.39 is 144 Å². The first-order chi connectivity index (χ1) is 31.2. The Labute approximate surface area is 370 Å². The van der Waals surface area contributed by atoms with Gasteiger partial charge in [-0.25, -0.2) is 87.8 Å². The fraction of sp³-hybridized carbons (Fsp3) is 0.333. The van der Waals surface area contributed by atoms with Gasteiger partial charge in [0, 0.05) is 17.4 Å². The van der Waals surface area contributed by atoms with Crippen molar-refractivity contribution < 1.29 is 92.7 Å². The van der Waals surface area contributed by atoms with Crippen LogP contribution in [0, 0.1) is 128 Å². The molecule has 0 atom stereocenters. The van der Waals surface area contributed by atoms with Crippen molar-refractivity contribution in [1.29, 1.82) is 0 Å². The van der Waals surface area contributed by atoms with Gasteiger partial charge in [0.05, 0.1) is 13.1 Å². The summed E-state index contributed by atoms with van der Waals surface area (Å²) < 4.78 is 294. The Balaban J connectivity index is 0.000000374. The number of aryl methyl sites for hydroxylation is 2. The maximum atomic E-state index is 15.4. The smallest absolute Gasteiger partial charge is 0.200 e. The minimum atomic E-state index is -7.22. The van der Waals surface area contributed by atoms with E-state index >= 15 is 35.1 Å². The molecule has 366 valence electrons. The maximum absolute atomic E-state index is 15.4. The fourth-order valence-electron chi connectivity index (χ4n) is 8.32. The highest BCUT2D eigenvalue weighted by molar-refractivity contribution is 7.20. The zero-order chi connectivity index (χ0) is 50.9. The van der Waals surface area contributed by atoms with Crippen molar-refractivity contribution in [3.63, 3.8) is 0 Å². The predicted molar refractivity (Wildman–Crippen MR) is 208 cm³/mol. The molecule has 0 saturated carbocycles. The topological polar surface area (TPSA) is 4.44 Å². The molecule has 0 radical (unpaired) electrons. The number of rotatable bonds is 14. The molecule has 1 nitrogen and oxygen atoms in total. The van der Waals surface area contributed by atoms with Crippen molar-refractivity contribution in [2.24, 2.45) is 11.8 Å². The lowest BCUT2D eigenvalue weighted by Gasteiger charge is -2.44. The van der Waals surface area contributed by atoms with E-state index in [0.29, 0.717) is 0 Å². The van der Waals surface area contributed by atoms with Gasteiger partial charge < -0.3 is 4.90 Å². The summed E-state index contributed by atoms with van der Waals surface area (Å²) in [7, 11) is 0. The summed E-state index contributed by atoms with van der Waals surface area (Å²) in [4.78, 5) is 1.74. The van der Waals surface area contributed by atoms with E-state index in [1.54, 1.807) is 16.0 Å². The van der Waals surface area contributed by atoms with Crippen LogP contribution in [0.1, 0.15) is 71.1 Å². The average Bonchev–Trinajstić information content (AvgIpc) is 3.27. The molecule has 0 saturated heterocycles. The van der Waals surface area contributed by atoms with Crippen molar-refractivity contribution in [3.8, 4) is 0 Å². The van der Waals surface area contributed by atoms with Crippen LogP contribution in [0.2, 0.25) is 0 Å². The van der Waals surface area contributed by atoms with Gasteiger partial charge in [-0.1, -0.05) is 72.6 Å². The molecule has 5 aromatic carbocycles. The summed E-state index contributed by atoms with van der Waals surface area (Å²) in [6.45, 7) is 17.7. The Bertz CT molecular complexity index is 2270. The third kappa shape index (κ3) is 9.86. The van der Waals surface area contributed by atoms with Gasteiger partial charge in [-0.05, 0) is 24.0 Å². The first kappa shape index (κ1) is 54.3. The van der Waals surface area contributed by atoms with Gasteiger partial charge in [0.1, 0.15) is 59.2 Å². The third-order valence-corrected chi connectivity index (χ3v) is 10.9. The lowest BCUT2D eigenvalue weighted by atomic mass is 9.12. The summed E-state index contributed by atoms with van der Waals surface area (Å²) in [5, 5.41) is 0. The van der Waals surface area contributed by atoms with E-state index in [1.807, 2.05) is 0 Å². The van der Waals surface area contributed by atoms with Crippen LogP contribution in [0.4, 0.5) is 87.8 Å². The number of halogens is 20. The predicted octanol–water partition coefficient (Wildman–Crippen LogP) is 10.1. The Morgan fingerprint density at radius 2 is 0.612 bits per heavy atom. The molecule has 5 aromatic rings. The van der Waals surface area contributed by atoms with Crippen LogP contribution >= 0.6 is 0 Å². The van der Waals surface area contributed by atoms with Crippen molar-refractivity contribution in [2.75, 3.05) is 13.1 Å². The van der Waals surface area contributed by atoms with Crippen molar-refractivity contribution >= 4 is 28.0 Å². The molecule has 0 aliphatic carbocycles. The Morgan fingerprint density at radius 1 is 0.358 bits per heavy atom. The standard InChI is InChI=1S/C24BF20.C21H37N/c26-5-1(6(27)14(35)21(42)13(5)34)25(2-7(28)15(36)22(43)16(37)8(2)29,3-9(30)17(38)23(44)18(39)10(3)31)4-11(32)19(40)24(45)20(41)12(4)33;1-7-9-19-11-12-21(20(13-19)10-8-2)16-22(14-17(3)4)15-18(5)6/h;11-13,17-18H,7-10,14-16H2,1-6H3/q-1;/p+1. The molecular formula is C45H38BF20N. The van der Waals surface area contributed by atoms with Gasteiger partial charge in [0.25, 0.3) is 0 Å². The fourth-order valence-corrected chi connectivity index (χ4v) is 8.32. The van der Waals surface area contributed by atoms with Crippen molar-refractivity contribution in [1.82, 2.24) is 0 Å².